The van der Waals surface area contributed by atoms with Gasteiger partial charge in [0.2, 0.25) is 5.91 Å². The van der Waals surface area contributed by atoms with Gasteiger partial charge in [-0.3, -0.25) is 14.3 Å². The Kier molecular flexibility index (Phi) is 6.32. The number of hydrogen-bond donors (Lipinski definition) is 1. The van der Waals surface area contributed by atoms with Crippen LogP contribution in [-0.2, 0) is 11.3 Å². The standard InChI is InChI=1S/C20H25ClN4O4/c1-12-19(21)13(2)25(23-12)11-18(26)22-15-10-17(29-4)16(28-3)9-14(15)20(27)24-7-5-6-8-24/h9-10H,5-8,11H2,1-4H3,(H,22,26). The summed E-state index contributed by atoms with van der Waals surface area (Å²) >= 11 is 6.16. The molecule has 1 aliphatic rings. The van der Waals surface area contributed by atoms with Gasteiger partial charge < -0.3 is 19.7 Å². The second-order valence-corrected chi connectivity index (χ2v) is 7.32. The zero-order chi connectivity index (χ0) is 21.1. The highest BCUT2D eigenvalue weighted by atomic mass is 35.5. The predicted octanol–water partition coefficient (Wildman–Crippen LogP) is 3.05. The molecule has 1 saturated heterocycles. The van der Waals surface area contributed by atoms with Crippen LogP contribution < -0.4 is 14.8 Å². The lowest BCUT2D eigenvalue weighted by Crippen LogP contribution is -2.29. The fourth-order valence-electron chi connectivity index (χ4n) is 3.40. The number of nitrogens with zero attached hydrogens (tertiary/aromatic N) is 3. The van der Waals surface area contributed by atoms with Gasteiger partial charge in [0, 0.05) is 19.2 Å². The minimum absolute atomic E-state index is 0.0227. The van der Waals surface area contributed by atoms with Gasteiger partial charge in [0.25, 0.3) is 5.91 Å². The van der Waals surface area contributed by atoms with Crippen molar-refractivity contribution in [2.75, 3.05) is 32.6 Å². The first-order chi connectivity index (χ1) is 13.8. The molecule has 156 valence electrons. The van der Waals surface area contributed by atoms with Crippen LogP contribution in [0.15, 0.2) is 12.1 Å². The van der Waals surface area contributed by atoms with Crippen molar-refractivity contribution in [1.29, 1.82) is 0 Å². The number of amides is 2. The molecule has 0 saturated carbocycles. The Morgan fingerprint density at radius 1 is 1.14 bits per heavy atom. The number of rotatable bonds is 6. The molecule has 29 heavy (non-hydrogen) atoms. The number of carbonyl (C=O) groups is 2. The molecule has 0 aliphatic carbocycles. The topological polar surface area (TPSA) is 85.7 Å². The van der Waals surface area contributed by atoms with Crippen LogP contribution in [0.1, 0.15) is 34.6 Å². The van der Waals surface area contributed by atoms with Gasteiger partial charge in [0.05, 0.1) is 41.9 Å². The van der Waals surface area contributed by atoms with E-state index < -0.39 is 0 Å². The molecule has 0 radical (unpaired) electrons. The Labute approximate surface area is 174 Å². The molecule has 2 aromatic rings. The zero-order valence-corrected chi connectivity index (χ0v) is 17.8. The van der Waals surface area contributed by atoms with E-state index >= 15 is 0 Å². The largest absolute Gasteiger partial charge is 0.493 e. The van der Waals surface area contributed by atoms with Crippen LogP contribution in [0.3, 0.4) is 0 Å². The van der Waals surface area contributed by atoms with Crippen molar-refractivity contribution in [3.05, 3.63) is 34.1 Å². The Morgan fingerprint density at radius 3 is 2.31 bits per heavy atom. The van der Waals surface area contributed by atoms with E-state index in [0.717, 1.165) is 12.8 Å². The SMILES string of the molecule is COc1cc(NC(=O)Cn2nc(C)c(Cl)c2C)c(C(=O)N2CCCC2)cc1OC. The minimum atomic E-state index is -0.324. The number of benzene rings is 1. The summed E-state index contributed by atoms with van der Waals surface area (Å²) in [4.78, 5) is 27.5. The van der Waals surface area contributed by atoms with Crippen molar-refractivity contribution in [1.82, 2.24) is 14.7 Å². The van der Waals surface area contributed by atoms with Gasteiger partial charge in [0.15, 0.2) is 11.5 Å². The van der Waals surface area contributed by atoms with Crippen LogP contribution in [0.4, 0.5) is 5.69 Å². The highest BCUT2D eigenvalue weighted by Crippen LogP contribution is 2.34. The van der Waals surface area contributed by atoms with E-state index in [4.69, 9.17) is 21.1 Å². The lowest BCUT2D eigenvalue weighted by Gasteiger charge is -2.20. The highest BCUT2D eigenvalue weighted by molar-refractivity contribution is 6.31. The van der Waals surface area contributed by atoms with E-state index in [1.54, 1.807) is 30.9 Å². The number of nitrogens with one attached hydrogen (secondary N) is 1. The number of likely N-dealkylation sites (tertiary alicyclic amines) is 1. The zero-order valence-electron chi connectivity index (χ0n) is 17.0. The molecule has 1 aromatic heterocycles. The van der Waals surface area contributed by atoms with Crippen LogP contribution >= 0.6 is 11.6 Å². The molecule has 1 aliphatic heterocycles. The maximum absolute atomic E-state index is 13.0. The lowest BCUT2D eigenvalue weighted by atomic mass is 10.1. The number of aromatic nitrogens is 2. The second kappa shape index (κ2) is 8.73. The van der Waals surface area contributed by atoms with Gasteiger partial charge in [-0.05, 0) is 32.8 Å². The third kappa shape index (κ3) is 4.32. The molecule has 1 N–H and O–H groups in total. The summed E-state index contributed by atoms with van der Waals surface area (Å²) in [5.74, 6) is 0.385. The summed E-state index contributed by atoms with van der Waals surface area (Å²) in [5, 5.41) is 7.63. The van der Waals surface area contributed by atoms with Crippen LogP contribution in [0.5, 0.6) is 11.5 Å². The predicted molar refractivity (Wildman–Crippen MR) is 110 cm³/mol. The average Bonchev–Trinajstić information content (AvgIpc) is 3.32. The summed E-state index contributed by atoms with van der Waals surface area (Å²) in [5.41, 5.74) is 2.11. The van der Waals surface area contributed by atoms with Gasteiger partial charge in [-0.1, -0.05) is 11.6 Å². The summed E-state index contributed by atoms with van der Waals surface area (Å²) < 4.78 is 12.2. The first-order valence-electron chi connectivity index (χ1n) is 9.40. The van der Waals surface area contributed by atoms with Crippen molar-refractivity contribution in [2.24, 2.45) is 0 Å². The van der Waals surface area contributed by atoms with Crippen molar-refractivity contribution >= 4 is 29.1 Å². The fraction of sp³-hybridized carbons (Fsp3) is 0.450. The molecule has 0 bridgehead atoms. The molecular weight excluding hydrogens is 396 g/mol. The molecular formula is C20H25ClN4O4. The number of methoxy groups -OCH3 is 2. The summed E-state index contributed by atoms with van der Waals surface area (Å²) in [7, 11) is 3.01. The van der Waals surface area contributed by atoms with Crippen molar-refractivity contribution in [2.45, 2.75) is 33.2 Å². The summed E-state index contributed by atoms with van der Waals surface area (Å²) in [6.07, 6.45) is 1.94. The van der Waals surface area contributed by atoms with Crippen molar-refractivity contribution in [3.8, 4) is 11.5 Å². The molecule has 1 aromatic carbocycles. The summed E-state index contributed by atoms with van der Waals surface area (Å²) in [6.45, 7) is 4.96. The number of ether oxygens (including phenoxy) is 2. The Balaban J connectivity index is 1.90. The van der Waals surface area contributed by atoms with Crippen LogP contribution in [0.25, 0.3) is 0 Å². The average molecular weight is 421 g/mol. The molecule has 0 unspecified atom stereocenters. The molecule has 2 heterocycles. The van der Waals surface area contributed by atoms with Gasteiger partial charge in [-0.25, -0.2) is 0 Å². The maximum Gasteiger partial charge on any atom is 0.256 e. The summed E-state index contributed by atoms with van der Waals surface area (Å²) in [6, 6.07) is 3.21. The molecule has 8 nitrogen and oxygen atoms in total. The smallest absolute Gasteiger partial charge is 0.256 e. The quantitative estimate of drug-likeness (QED) is 0.776. The third-order valence-electron chi connectivity index (χ3n) is 5.01. The van der Waals surface area contributed by atoms with Crippen molar-refractivity contribution in [3.63, 3.8) is 0 Å². The van der Waals surface area contributed by atoms with Gasteiger partial charge >= 0.3 is 0 Å². The first-order valence-corrected chi connectivity index (χ1v) is 9.78. The molecule has 0 spiro atoms. The minimum Gasteiger partial charge on any atom is -0.493 e. The van der Waals surface area contributed by atoms with E-state index in [2.05, 4.69) is 10.4 Å². The first kappa shape index (κ1) is 21.0. The second-order valence-electron chi connectivity index (χ2n) is 6.94. The molecule has 0 atom stereocenters. The molecule has 3 rings (SSSR count). The Hall–Kier alpha value is -2.74. The van der Waals surface area contributed by atoms with Crippen LogP contribution in [0.2, 0.25) is 5.02 Å². The van der Waals surface area contributed by atoms with Gasteiger partial charge in [-0.15, -0.1) is 0 Å². The number of hydrogen-bond acceptors (Lipinski definition) is 5. The number of anilines is 1. The third-order valence-corrected chi connectivity index (χ3v) is 5.56. The normalized spacial score (nSPS) is 13.5. The van der Waals surface area contributed by atoms with Gasteiger partial charge in [-0.2, -0.15) is 5.10 Å². The van der Waals surface area contributed by atoms with E-state index in [0.29, 0.717) is 52.2 Å². The Morgan fingerprint density at radius 2 is 1.76 bits per heavy atom. The number of carbonyl (C=O) groups excluding carboxylic acids is 2. The van der Waals surface area contributed by atoms with Crippen LogP contribution in [-0.4, -0.2) is 53.8 Å². The number of halogens is 1. The van der Waals surface area contributed by atoms with Crippen molar-refractivity contribution < 1.29 is 19.1 Å². The number of aryl methyl sites for hydroxylation is 1. The maximum atomic E-state index is 13.0. The monoisotopic (exact) mass is 420 g/mol. The molecule has 9 heteroatoms. The molecule has 2 amide bonds. The van der Waals surface area contributed by atoms with E-state index in [9.17, 15) is 9.59 Å². The van der Waals surface area contributed by atoms with Crippen LogP contribution in [0, 0.1) is 13.8 Å². The highest BCUT2D eigenvalue weighted by Gasteiger charge is 2.25. The fourth-order valence-corrected chi connectivity index (χ4v) is 3.54. The molecule has 1 fully saturated rings. The lowest BCUT2D eigenvalue weighted by molar-refractivity contribution is -0.116. The van der Waals surface area contributed by atoms with E-state index in [-0.39, 0.29) is 18.4 Å². The van der Waals surface area contributed by atoms with Gasteiger partial charge in [0.1, 0.15) is 6.54 Å². The van der Waals surface area contributed by atoms with E-state index in [1.165, 1.54) is 18.9 Å². The van der Waals surface area contributed by atoms with E-state index in [1.807, 2.05) is 0 Å². The Bertz CT molecular complexity index is 935.